The highest BCUT2D eigenvalue weighted by Crippen LogP contribution is 2.30. The van der Waals surface area contributed by atoms with Gasteiger partial charge in [0.2, 0.25) is 0 Å². The minimum Gasteiger partial charge on any atom is -0.376 e. The number of Topliss-reactive ketones (excluding diaryl/α,β-unsaturated/α-hetero) is 1. The van der Waals surface area contributed by atoms with Gasteiger partial charge in [-0.1, -0.05) is 29.3 Å². The van der Waals surface area contributed by atoms with Crippen LogP contribution in [0.2, 0.25) is 10.0 Å². The minimum absolute atomic E-state index is 0. The second-order valence-corrected chi connectivity index (χ2v) is 6.93. The van der Waals surface area contributed by atoms with Gasteiger partial charge in [0.05, 0.1) is 19.3 Å². The van der Waals surface area contributed by atoms with Crippen LogP contribution in [-0.2, 0) is 16.0 Å². The van der Waals surface area contributed by atoms with Gasteiger partial charge in [-0.3, -0.25) is 9.69 Å². The number of carbonyl (C=O) groups excluding carboxylic acids is 1. The molecular weight excluding hydrogens is 357 g/mol. The van der Waals surface area contributed by atoms with Crippen LogP contribution in [-0.4, -0.2) is 42.5 Å². The number of rotatable bonds is 5. The van der Waals surface area contributed by atoms with E-state index < -0.39 is 0 Å². The Morgan fingerprint density at radius 2 is 1.96 bits per heavy atom. The summed E-state index contributed by atoms with van der Waals surface area (Å²) in [6.45, 7) is 2.10. The first-order chi connectivity index (χ1) is 10.6. The van der Waals surface area contributed by atoms with E-state index in [4.69, 9.17) is 27.9 Å². The normalized spacial score (nSPS) is 24.9. The Kier molecular flexibility index (Phi) is 7.18. The lowest BCUT2D eigenvalue weighted by Crippen LogP contribution is -2.40. The fourth-order valence-corrected chi connectivity index (χ4v) is 4.12. The number of benzene rings is 1. The lowest BCUT2D eigenvalue weighted by molar-refractivity contribution is -0.117. The van der Waals surface area contributed by atoms with Gasteiger partial charge in [-0.05, 0) is 43.4 Å². The third kappa shape index (κ3) is 4.61. The minimum atomic E-state index is 0. The Morgan fingerprint density at radius 1 is 1.22 bits per heavy atom. The number of ether oxygens (including phenoxy) is 1. The van der Waals surface area contributed by atoms with Crippen molar-refractivity contribution in [3.8, 4) is 0 Å². The van der Waals surface area contributed by atoms with Crippen LogP contribution in [0.1, 0.15) is 31.2 Å². The number of ketones is 1. The standard InChI is InChI=1S/C17H21Cl2NO2.ClH/c18-14-3-1-4-15(19)13(14)8-10-22-17-6-2-5-16(17)20-9-7-12(21)11-20;/h1,3-4,16-17H,2,5-11H2;1H. The zero-order valence-corrected chi connectivity index (χ0v) is 15.3. The van der Waals surface area contributed by atoms with E-state index in [0.29, 0.717) is 41.4 Å². The maximum Gasteiger partial charge on any atom is 0.148 e. The predicted octanol–water partition coefficient (Wildman–Crippen LogP) is 4.17. The summed E-state index contributed by atoms with van der Waals surface area (Å²) in [6, 6.07) is 5.97. The number of halogens is 3. The summed E-state index contributed by atoms with van der Waals surface area (Å²) >= 11 is 12.4. The number of nitrogens with zero attached hydrogens (tertiary/aromatic N) is 1. The van der Waals surface area contributed by atoms with Crippen molar-refractivity contribution in [2.45, 2.75) is 44.2 Å². The Balaban J connectivity index is 0.00000192. The zero-order valence-electron chi connectivity index (χ0n) is 13.0. The summed E-state index contributed by atoms with van der Waals surface area (Å²) in [5, 5.41) is 1.40. The van der Waals surface area contributed by atoms with E-state index in [0.717, 1.165) is 31.4 Å². The molecule has 3 nitrogen and oxygen atoms in total. The van der Waals surface area contributed by atoms with Crippen LogP contribution in [0.3, 0.4) is 0 Å². The van der Waals surface area contributed by atoms with E-state index in [1.54, 1.807) is 0 Å². The highest BCUT2D eigenvalue weighted by molar-refractivity contribution is 6.35. The van der Waals surface area contributed by atoms with Gasteiger partial charge in [-0.15, -0.1) is 12.4 Å². The van der Waals surface area contributed by atoms with Crippen molar-refractivity contribution in [1.29, 1.82) is 0 Å². The molecule has 128 valence electrons. The van der Waals surface area contributed by atoms with E-state index in [1.165, 1.54) is 6.42 Å². The van der Waals surface area contributed by atoms with Crippen LogP contribution in [0.25, 0.3) is 0 Å². The highest BCUT2D eigenvalue weighted by Gasteiger charge is 2.36. The third-order valence-electron chi connectivity index (χ3n) is 4.69. The van der Waals surface area contributed by atoms with Crippen LogP contribution in [0.5, 0.6) is 0 Å². The van der Waals surface area contributed by atoms with E-state index in [1.807, 2.05) is 18.2 Å². The number of hydrogen-bond donors (Lipinski definition) is 0. The van der Waals surface area contributed by atoms with Gasteiger partial charge in [-0.25, -0.2) is 0 Å². The second-order valence-electron chi connectivity index (χ2n) is 6.12. The molecule has 23 heavy (non-hydrogen) atoms. The SMILES string of the molecule is Cl.O=C1CCN(C2CCCC2OCCc2c(Cl)cccc2Cl)C1. The zero-order chi connectivity index (χ0) is 15.5. The average molecular weight is 379 g/mol. The maximum atomic E-state index is 11.5. The molecule has 1 aromatic rings. The number of carbonyl (C=O) groups is 1. The molecule has 0 spiro atoms. The largest absolute Gasteiger partial charge is 0.376 e. The molecule has 1 saturated heterocycles. The van der Waals surface area contributed by atoms with Gasteiger partial charge in [0.15, 0.2) is 0 Å². The summed E-state index contributed by atoms with van der Waals surface area (Å²) in [5.41, 5.74) is 0.955. The molecule has 2 unspecified atom stereocenters. The van der Waals surface area contributed by atoms with E-state index >= 15 is 0 Å². The lowest BCUT2D eigenvalue weighted by atomic mass is 10.1. The first-order valence-corrected chi connectivity index (χ1v) is 8.71. The topological polar surface area (TPSA) is 29.5 Å². The monoisotopic (exact) mass is 377 g/mol. The number of hydrogen-bond acceptors (Lipinski definition) is 3. The first kappa shape index (κ1) is 19.0. The Morgan fingerprint density at radius 3 is 2.61 bits per heavy atom. The van der Waals surface area contributed by atoms with Gasteiger partial charge in [-0.2, -0.15) is 0 Å². The molecule has 0 N–H and O–H groups in total. The second kappa shape index (κ2) is 8.68. The predicted molar refractivity (Wildman–Crippen MR) is 96.0 cm³/mol. The highest BCUT2D eigenvalue weighted by atomic mass is 35.5. The molecule has 0 radical (unpaired) electrons. The molecule has 0 aromatic heterocycles. The molecule has 1 heterocycles. The summed E-state index contributed by atoms with van der Waals surface area (Å²) in [5.74, 6) is 0.355. The molecule has 0 bridgehead atoms. The van der Waals surface area contributed by atoms with E-state index in [-0.39, 0.29) is 18.5 Å². The molecule has 0 amide bonds. The Labute approximate surface area is 153 Å². The van der Waals surface area contributed by atoms with E-state index in [2.05, 4.69) is 4.90 Å². The van der Waals surface area contributed by atoms with Crippen molar-refractivity contribution >= 4 is 41.4 Å². The molecule has 2 atom stereocenters. The summed E-state index contributed by atoms with van der Waals surface area (Å²) < 4.78 is 6.11. The fourth-order valence-electron chi connectivity index (χ4n) is 3.54. The van der Waals surface area contributed by atoms with Crippen molar-refractivity contribution in [3.63, 3.8) is 0 Å². The van der Waals surface area contributed by atoms with Gasteiger partial charge >= 0.3 is 0 Å². The van der Waals surface area contributed by atoms with Gasteiger partial charge in [0, 0.05) is 29.1 Å². The van der Waals surface area contributed by atoms with Crippen LogP contribution < -0.4 is 0 Å². The Bertz CT molecular complexity index is 532. The van der Waals surface area contributed by atoms with Crippen molar-refractivity contribution in [2.24, 2.45) is 0 Å². The van der Waals surface area contributed by atoms with Crippen LogP contribution in [0.4, 0.5) is 0 Å². The van der Waals surface area contributed by atoms with Crippen molar-refractivity contribution in [3.05, 3.63) is 33.8 Å². The molecule has 3 rings (SSSR count). The number of likely N-dealkylation sites (tertiary alicyclic amines) is 1. The lowest BCUT2D eigenvalue weighted by Gasteiger charge is -2.28. The van der Waals surface area contributed by atoms with Crippen LogP contribution in [0, 0.1) is 0 Å². The van der Waals surface area contributed by atoms with Gasteiger partial charge in [0.1, 0.15) is 5.78 Å². The van der Waals surface area contributed by atoms with Crippen molar-refractivity contribution < 1.29 is 9.53 Å². The maximum absolute atomic E-state index is 11.5. The van der Waals surface area contributed by atoms with Crippen LogP contribution in [0.15, 0.2) is 18.2 Å². The molecule has 1 aliphatic heterocycles. The third-order valence-corrected chi connectivity index (χ3v) is 5.40. The van der Waals surface area contributed by atoms with Gasteiger partial charge < -0.3 is 4.74 Å². The smallest absolute Gasteiger partial charge is 0.148 e. The molecule has 1 aromatic carbocycles. The first-order valence-electron chi connectivity index (χ1n) is 7.95. The summed E-state index contributed by atoms with van der Waals surface area (Å²) in [7, 11) is 0. The summed E-state index contributed by atoms with van der Waals surface area (Å²) in [4.78, 5) is 13.8. The van der Waals surface area contributed by atoms with Crippen molar-refractivity contribution in [1.82, 2.24) is 4.90 Å². The molecular formula is C17H22Cl3NO2. The Hall–Kier alpha value is -0.320. The van der Waals surface area contributed by atoms with Crippen molar-refractivity contribution in [2.75, 3.05) is 19.7 Å². The molecule has 2 aliphatic rings. The molecule has 1 aliphatic carbocycles. The molecule has 2 fully saturated rings. The molecule has 6 heteroatoms. The fraction of sp³-hybridized carbons (Fsp3) is 0.588. The molecule has 1 saturated carbocycles. The van der Waals surface area contributed by atoms with E-state index in [9.17, 15) is 4.79 Å². The summed E-state index contributed by atoms with van der Waals surface area (Å²) in [6.07, 6.45) is 5.02. The van der Waals surface area contributed by atoms with Gasteiger partial charge in [0.25, 0.3) is 0 Å². The quantitative estimate of drug-likeness (QED) is 0.770. The average Bonchev–Trinajstić information content (AvgIpc) is 3.10. The van der Waals surface area contributed by atoms with Crippen LogP contribution >= 0.6 is 35.6 Å².